The van der Waals surface area contributed by atoms with Gasteiger partial charge in [-0.25, -0.2) is 0 Å². The zero-order chi connectivity index (χ0) is 33.4. The normalized spacial score (nSPS) is 11.1. The summed E-state index contributed by atoms with van der Waals surface area (Å²) in [5.41, 5.74) is 21.5. The molecule has 0 amide bonds. The lowest BCUT2D eigenvalue weighted by molar-refractivity contribution is 1.29. The van der Waals surface area contributed by atoms with Crippen molar-refractivity contribution < 1.29 is 0 Å². The SMILES string of the molecule is Cc1cc(C)c(-c2ccnc(-c3cccc(-c4ccccc4-c4cccc(-c5cc(-c6c(C)cc(C)cc6C)ccn5)c4)c3)c2)c(C)c1. The van der Waals surface area contributed by atoms with Crippen LogP contribution in [0.25, 0.3) is 67.0 Å². The minimum absolute atomic E-state index is 0.971. The summed E-state index contributed by atoms with van der Waals surface area (Å²) in [5.74, 6) is 0. The number of hydrogen-bond acceptors (Lipinski definition) is 2. The highest BCUT2D eigenvalue weighted by Crippen LogP contribution is 2.37. The van der Waals surface area contributed by atoms with Gasteiger partial charge in [-0.05, 0) is 145 Å². The number of aryl methyl sites for hydroxylation is 6. The van der Waals surface area contributed by atoms with Crippen molar-refractivity contribution in [2.75, 3.05) is 0 Å². The zero-order valence-corrected chi connectivity index (χ0v) is 28.6. The second kappa shape index (κ2) is 12.9. The lowest BCUT2D eigenvalue weighted by Crippen LogP contribution is -1.93. The first-order chi connectivity index (χ1) is 23.2. The average Bonchev–Trinajstić information content (AvgIpc) is 3.08. The van der Waals surface area contributed by atoms with Crippen LogP contribution in [0.15, 0.2) is 134 Å². The van der Waals surface area contributed by atoms with Crippen molar-refractivity contribution >= 4 is 0 Å². The minimum atomic E-state index is 0.971. The third kappa shape index (κ3) is 6.10. The molecule has 0 unspecified atom stereocenters. The molecule has 0 fully saturated rings. The van der Waals surface area contributed by atoms with Crippen LogP contribution in [0.5, 0.6) is 0 Å². The molecule has 0 bridgehead atoms. The predicted octanol–water partition coefficient (Wildman–Crippen LogP) is 12.3. The highest BCUT2D eigenvalue weighted by atomic mass is 14.7. The van der Waals surface area contributed by atoms with Crippen LogP contribution in [-0.2, 0) is 0 Å². The number of nitrogens with zero attached hydrogens (tertiary/aromatic N) is 2. The summed E-state index contributed by atoms with van der Waals surface area (Å²) >= 11 is 0. The lowest BCUT2D eigenvalue weighted by Gasteiger charge is -2.15. The molecule has 48 heavy (non-hydrogen) atoms. The average molecular weight is 621 g/mol. The number of aromatic nitrogens is 2. The van der Waals surface area contributed by atoms with Gasteiger partial charge in [-0.15, -0.1) is 0 Å². The first kappa shape index (κ1) is 31.0. The monoisotopic (exact) mass is 620 g/mol. The molecule has 0 atom stereocenters. The van der Waals surface area contributed by atoms with Crippen LogP contribution in [0.4, 0.5) is 0 Å². The number of pyridine rings is 2. The highest BCUT2D eigenvalue weighted by Gasteiger charge is 2.14. The quantitative estimate of drug-likeness (QED) is 0.185. The van der Waals surface area contributed by atoms with Crippen LogP contribution in [-0.4, -0.2) is 9.97 Å². The minimum Gasteiger partial charge on any atom is -0.256 e. The first-order valence-corrected chi connectivity index (χ1v) is 16.6. The molecule has 0 saturated heterocycles. The van der Waals surface area contributed by atoms with Gasteiger partial charge in [0.1, 0.15) is 0 Å². The molecule has 2 heterocycles. The van der Waals surface area contributed by atoms with Crippen molar-refractivity contribution in [1.29, 1.82) is 0 Å². The fourth-order valence-corrected chi connectivity index (χ4v) is 7.44. The first-order valence-electron chi connectivity index (χ1n) is 16.6. The Morgan fingerprint density at radius 3 is 1.10 bits per heavy atom. The van der Waals surface area contributed by atoms with E-state index >= 15 is 0 Å². The smallest absolute Gasteiger partial charge is 0.0708 e. The van der Waals surface area contributed by atoms with Gasteiger partial charge in [0, 0.05) is 23.5 Å². The molecule has 0 N–H and O–H groups in total. The number of rotatable bonds is 6. The van der Waals surface area contributed by atoms with E-state index < -0.39 is 0 Å². The zero-order valence-electron chi connectivity index (χ0n) is 28.6. The maximum absolute atomic E-state index is 4.81. The van der Waals surface area contributed by atoms with Crippen molar-refractivity contribution in [3.63, 3.8) is 0 Å². The maximum Gasteiger partial charge on any atom is 0.0708 e. The summed E-state index contributed by atoms with van der Waals surface area (Å²) in [6, 6.07) is 43.9. The van der Waals surface area contributed by atoms with Gasteiger partial charge in [-0.2, -0.15) is 0 Å². The van der Waals surface area contributed by atoms with Crippen LogP contribution in [0, 0.1) is 41.5 Å². The molecule has 0 aliphatic rings. The Morgan fingerprint density at radius 1 is 0.333 bits per heavy atom. The molecule has 0 aliphatic carbocycles. The van der Waals surface area contributed by atoms with Gasteiger partial charge in [0.05, 0.1) is 11.4 Å². The van der Waals surface area contributed by atoms with Crippen molar-refractivity contribution in [1.82, 2.24) is 9.97 Å². The van der Waals surface area contributed by atoms with E-state index in [1.165, 1.54) is 66.8 Å². The van der Waals surface area contributed by atoms with Crippen molar-refractivity contribution in [3.8, 4) is 67.0 Å². The molecule has 2 nitrogen and oxygen atoms in total. The van der Waals surface area contributed by atoms with Gasteiger partial charge in [0.15, 0.2) is 0 Å². The summed E-state index contributed by atoms with van der Waals surface area (Å²) < 4.78 is 0. The van der Waals surface area contributed by atoms with Crippen LogP contribution in [0.1, 0.15) is 33.4 Å². The van der Waals surface area contributed by atoms with E-state index in [-0.39, 0.29) is 0 Å². The molecule has 7 rings (SSSR count). The second-order valence-electron chi connectivity index (χ2n) is 13.1. The standard InChI is InChI=1S/C46H40N2/c1-29-21-31(3)45(32(4)22-29)39-17-19-47-43(27-39)37-13-9-11-35(25-37)41-15-7-8-16-42(41)36-12-10-14-38(26-36)44-28-40(18-20-48-44)46-33(5)23-30(2)24-34(46)6/h7-28H,1-6H3. The molecule has 0 spiro atoms. The number of hydrogen-bond donors (Lipinski definition) is 0. The lowest BCUT2D eigenvalue weighted by atomic mass is 9.91. The molecule has 2 heteroatoms. The predicted molar refractivity (Wildman–Crippen MR) is 203 cm³/mol. The highest BCUT2D eigenvalue weighted by molar-refractivity contribution is 5.87. The Bertz CT molecular complexity index is 2100. The molecule has 7 aromatic rings. The Balaban J connectivity index is 1.25. The summed E-state index contributed by atoms with van der Waals surface area (Å²) in [4.78, 5) is 9.62. The fourth-order valence-electron chi connectivity index (χ4n) is 7.44. The maximum atomic E-state index is 4.81. The molecule has 5 aromatic carbocycles. The van der Waals surface area contributed by atoms with Gasteiger partial charge in [0.2, 0.25) is 0 Å². The largest absolute Gasteiger partial charge is 0.256 e. The van der Waals surface area contributed by atoms with Gasteiger partial charge in [-0.1, -0.05) is 96.1 Å². The van der Waals surface area contributed by atoms with Gasteiger partial charge >= 0.3 is 0 Å². The van der Waals surface area contributed by atoms with E-state index in [1.807, 2.05) is 12.4 Å². The summed E-state index contributed by atoms with van der Waals surface area (Å²) in [6.07, 6.45) is 3.86. The Kier molecular flexibility index (Phi) is 8.33. The molecule has 0 radical (unpaired) electrons. The Hall–Kier alpha value is -5.60. The van der Waals surface area contributed by atoms with E-state index in [0.29, 0.717) is 0 Å². The van der Waals surface area contributed by atoms with E-state index in [2.05, 4.69) is 163 Å². The molecule has 234 valence electrons. The molecule has 2 aromatic heterocycles. The van der Waals surface area contributed by atoms with Crippen LogP contribution < -0.4 is 0 Å². The van der Waals surface area contributed by atoms with Crippen molar-refractivity contribution in [2.24, 2.45) is 0 Å². The molecule has 0 saturated carbocycles. The van der Waals surface area contributed by atoms with Crippen LogP contribution in [0.2, 0.25) is 0 Å². The summed E-state index contributed by atoms with van der Waals surface area (Å²) in [7, 11) is 0. The third-order valence-electron chi connectivity index (χ3n) is 9.32. The van der Waals surface area contributed by atoms with Crippen molar-refractivity contribution in [3.05, 3.63) is 167 Å². The van der Waals surface area contributed by atoms with Gasteiger partial charge in [-0.3, -0.25) is 9.97 Å². The summed E-state index contributed by atoms with van der Waals surface area (Å²) in [5, 5.41) is 0. The second-order valence-corrected chi connectivity index (χ2v) is 13.1. The van der Waals surface area contributed by atoms with E-state index in [1.54, 1.807) is 0 Å². The van der Waals surface area contributed by atoms with Gasteiger partial charge in [0.25, 0.3) is 0 Å². The van der Waals surface area contributed by atoms with Crippen molar-refractivity contribution in [2.45, 2.75) is 41.5 Å². The summed E-state index contributed by atoms with van der Waals surface area (Å²) in [6.45, 7) is 13.1. The van der Waals surface area contributed by atoms with Crippen LogP contribution >= 0.6 is 0 Å². The van der Waals surface area contributed by atoms with E-state index in [0.717, 1.165) is 33.6 Å². The Morgan fingerprint density at radius 2 is 0.708 bits per heavy atom. The number of benzene rings is 5. The fraction of sp³-hybridized carbons (Fsp3) is 0.130. The van der Waals surface area contributed by atoms with E-state index in [9.17, 15) is 0 Å². The van der Waals surface area contributed by atoms with E-state index in [4.69, 9.17) is 9.97 Å². The topological polar surface area (TPSA) is 25.8 Å². The third-order valence-corrected chi connectivity index (χ3v) is 9.32. The Labute approximate surface area is 284 Å². The van der Waals surface area contributed by atoms with Crippen LogP contribution in [0.3, 0.4) is 0 Å². The molecular formula is C46H40N2. The molecule has 0 aliphatic heterocycles. The van der Waals surface area contributed by atoms with Gasteiger partial charge < -0.3 is 0 Å². The molecular weight excluding hydrogens is 581 g/mol.